The Morgan fingerprint density at radius 1 is 0.938 bits per heavy atom. The summed E-state index contributed by atoms with van der Waals surface area (Å²) in [5, 5.41) is 15.3. The third-order valence-corrected chi connectivity index (χ3v) is 5.44. The third kappa shape index (κ3) is 4.02. The molecule has 2 aromatic carbocycles. The minimum atomic E-state index is -0.134. The third-order valence-electron chi connectivity index (χ3n) is 5.44. The molecule has 2 aromatic heterocycles. The fraction of sp³-hybridized carbons (Fsp3) is 0.167. The summed E-state index contributed by atoms with van der Waals surface area (Å²) in [5.74, 6) is 0.822. The van der Waals surface area contributed by atoms with E-state index in [4.69, 9.17) is 22.3 Å². The SMILES string of the molecule is CCc1nc2ccn(Cc3cccc(C(=N)N)c3)c(=O)c2n1Cc1cccc(C(=N)N)c1. The van der Waals surface area contributed by atoms with E-state index in [0.29, 0.717) is 41.7 Å². The monoisotopic (exact) mass is 427 g/mol. The molecule has 0 spiro atoms. The van der Waals surface area contributed by atoms with Crippen molar-refractivity contribution in [3.63, 3.8) is 0 Å². The van der Waals surface area contributed by atoms with Gasteiger partial charge in [-0.2, -0.15) is 0 Å². The maximum atomic E-state index is 13.4. The van der Waals surface area contributed by atoms with Crippen molar-refractivity contribution in [3.05, 3.63) is 99.2 Å². The Balaban J connectivity index is 1.78. The first-order valence-corrected chi connectivity index (χ1v) is 10.3. The lowest BCUT2D eigenvalue weighted by atomic mass is 10.1. The number of nitrogen functional groups attached to an aromatic ring is 2. The largest absolute Gasteiger partial charge is 0.384 e. The van der Waals surface area contributed by atoms with Crippen molar-refractivity contribution in [1.29, 1.82) is 10.8 Å². The zero-order valence-corrected chi connectivity index (χ0v) is 17.8. The second-order valence-corrected chi connectivity index (χ2v) is 7.68. The Bertz CT molecular complexity index is 1400. The molecule has 0 amide bonds. The predicted molar refractivity (Wildman–Crippen MR) is 126 cm³/mol. The van der Waals surface area contributed by atoms with E-state index < -0.39 is 0 Å². The van der Waals surface area contributed by atoms with Gasteiger partial charge >= 0.3 is 0 Å². The summed E-state index contributed by atoms with van der Waals surface area (Å²) in [5.41, 5.74) is 15.4. The number of nitrogens with zero attached hydrogens (tertiary/aromatic N) is 3. The summed E-state index contributed by atoms with van der Waals surface area (Å²) in [7, 11) is 0. The summed E-state index contributed by atoms with van der Waals surface area (Å²) >= 11 is 0. The van der Waals surface area contributed by atoms with Crippen molar-refractivity contribution >= 4 is 22.7 Å². The van der Waals surface area contributed by atoms with E-state index in [1.165, 1.54) is 0 Å². The molecular weight excluding hydrogens is 402 g/mol. The topological polar surface area (TPSA) is 140 Å². The van der Waals surface area contributed by atoms with Gasteiger partial charge in [-0.05, 0) is 29.3 Å². The van der Waals surface area contributed by atoms with E-state index >= 15 is 0 Å². The lowest BCUT2D eigenvalue weighted by molar-refractivity contribution is 0.729. The van der Waals surface area contributed by atoms with Crippen LogP contribution in [0.5, 0.6) is 0 Å². The number of pyridine rings is 1. The highest BCUT2D eigenvalue weighted by molar-refractivity contribution is 5.95. The normalized spacial score (nSPS) is 11.0. The van der Waals surface area contributed by atoms with Crippen LogP contribution in [0.1, 0.15) is 35.0 Å². The molecule has 8 nitrogen and oxygen atoms in total. The van der Waals surface area contributed by atoms with Crippen molar-refractivity contribution in [1.82, 2.24) is 14.1 Å². The van der Waals surface area contributed by atoms with E-state index in [0.717, 1.165) is 17.0 Å². The number of hydrogen-bond donors (Lipinski definition) is 4. The van der Waals surface area contributed by atoms with Crippen LogP contribution in [0.2, 0.25) is 0 Å². The number of benzene rings is 2. The summed E-state index contributed by atoms with van der Waals surface area (Å²) in [6.45, 7) is 2.83. The minimum Gasteiger partial charge on any atom is -0.384 e. The van der Waals surface area contributed by atoms with Crippen LogP contribution >= 0.6 is 0 Å². The van der Waals surface area contributed by atoms with Crippen LogP contribution in [0.15, 0.2) is 65.6 Å². The average Bonchev–Trinajstić information content (AvgIpc) is 3.14. The molecule has 0 radical (unpaired) electrons. The van der Waals surface area contributed by atoms with E-state index in [9.17, 15) is 4.79 Å². The predicted octanol–water partition coefficient (Wildman–Crippen LogP) is 2.43. The van der Waals surface area contributed by atoms with Gasteiger partial charge in [-0.15, -0.1) is 0 Å². The molecule has 6 N–H and O–H groups in total. The first kappa shape index (κ1) is 21.0. The van der Waals surface area contributed by atoms with Crippen LogP contribution in [0.3, 0.4) is 0 Å². The summed E-state index contributed by atoms with van der Waals surface area (Å²) in [4.78, 5) is 18.1. The van der Waals surface area contributed by atoms with E-state index in [-0.39, 0.29) is 17.2 Å². The van der Waals surface area contributed by atoms with E-state index in [1.54, 1.807) is 22.9 Å². The highest BCUT2D eigenvalue weighted by atomic mass is 16.1. The van der Waals surface area contributed by atoms with Gasteiger partial charge in [0.15, 0.2) is 0 Å². The number of fused-ring (bicyclic) bond motifs is 1. The van der Waals surface area contributed by atoms with Crippen molar-refractivity contribution in [2.24, 2.45) is 11.5 Å². The number of nitrogens with one attached hydrogen (secondary N) is 2. The molecule has 0 unspecified atom stereocenters. The minimum absolute atomic E-state index is 0.00638. The Morgan fingerprint density at radius 3 is 2.09 bits per heavy atom. The maximum Gasteiger partial charge on any atom is 0.277 e. The Morgan fingerprint density at radius 2 is 1.53 bits per heavy atom. The van der Waals surface area contributed by atoms with Gasteiger partial charge in [0.2, 0.25) is 0 Å². The average molecular weight is 428 g/mol. The second-order valence-electron chi connectivity index (χ2n) is 7.68. The Labute approximate surface area is 185 Å². The molecule has 8 heteroatoms. The van der Waals surface area contributed by atoms with Gasteiger partial charge in [0.05, 0.1) is 12.1 Å². The molecule has 0 atom stereocenters. The van der Waals surface area contributed by atoms with Gasteiger partial charge in [0, 0.05) is 30.3 Å². The molecule has 0 bridgehead atoms. The molecule has 162 valence electrons. The first-order valence-electron chi connectivity index (χ1n) is 10.3. The van der Waals surface area contributed by atoms with Gasteiger partial charge in [0.25, 0.3) is 5.56 Å². The number of aromatic nitrogens is 3. The maximum absolute atomic E-state index is 13.4. The zero-order chi connectivity index (χ0) is 22.8. The van der Waals surface area contributed by atoms with Gasteiger partial charge < -0.3 is 20.6 Å². The van der Waals surface area contributed by atoms with Crippen LogP contribution in [0.25, 0.3) is 11.0 Å². The lowest BCUT2D eigenvalue weighted by Gasteiger charge is -2.11. The molecule has 0 aliphatic heterocycles. The molecule has 0 saturated carbocycles. The van der Waals surface area contributed by atoms with Crippen molar-refractivity contribution in [2.45, 2.75) is 26.4 Å². The number of nitrogens with two attached hydrogens (primary N) is 2. The van der Waals surface area contributed by atoms with Crippen molar-refractivity contribution < 1.29 is 0 Å². The van der Waals surface area contributed by atoms with Crippen LogP contribution < -0.4 is 17.0 Å². The highest BCUT2D eigenvalue weighted by Crippen LogP contribution is 2.17. The molecule has 0 aliphatic rings. The van der Waals surface area contributed by atoms with Crippen LogP contribution in [0, 0.1) is 10.8 Å². The molecule has 2 heterocycles. The molecule has 0 saturated heterocycles. The fourth-order valence-corrected chi connectivity index (χ4v) is 3.84. The van der Waals surface area contributed by atoms with Crippen LogP contribution in [-0.2, 0) is 19.5 Å². The molecule has 4 rings (SSSR count). The van der Waals surface area contributed by atoms with Crippen LogP contribution in [0.4, 0.5) is 0 Å². The van der Waals surface area contributed by atoms with E-state index in [1.807, 2.05) is 54.0 Å². The Hall–Kier alpha value is -4.20. The van der Waals surface area contributed by atoms with Gasteiger partial charge in [-0.3, -0.25) is 15.6 Å². The molecule has 32 heavy (non-hydrogen) atoms. The zero-order valence-electron chi connectivity index (χ0n) is 17.8. The second kappa shape index (κ2) is 8.50. The summed E-state index contributed by atoms with van der Waals surface area (Å²) < 4.78 is 3.59. The molecular formula is C24H25N7O. The van der Waals surface area contributed by atoms with Gasteiger partial charge in [-0.1, -0.05) is 43.3 Å². The van der Waals surface area contributed by atoms with Gasteiger partial charge in [0.1, 0.15) is 23.0 Å². The Kier molecular flexibility index (Phi) is 5.59. The molecule has 0 fully saturated rings. The van der Waals surface area contributed by atoms with Crippen molar-refractivity contribution in [3.8, 4) is 0 Å². The summed E-state index contributed by atoms with van der Waals surface area (Å²) in [6.07, 6.45) is 2.43. The molecule has 4 aromatic rings. The number of amidine groups is 2. The number of aryl methyl sites for hydroxylation is 1. The van der Waals surface area contributed by atoms with E-state index in [2.05, 4.69) is 4.98 Å². The molecule has 0 aliphatic carbocycles. The number of rotatable bonds is 7. The highest BCUT2D eigenvalue weighted by Gasteiger charge is 2.15. The van der Waals surface area contributed by atoms with Crippen molar-refractivity contribution in [2.75, 3.05) is 0 Å². The quantitative estimate of drug-likeness (QED) is 0.266. The standard InChI is InChI=1S/C24H25N7O/c1-2-20-29-19-9-10-30(13-15-5-3-7-17(11-15)22(25)26)24(32)21(19)31(20)14-16-6-4-8-18(12-16)23(27)28/h3-12H,2,13-14H2,1H3,(H3,25,26)(H3,27,28). The van der Waals surface area contributed by atoms with Gasteiger partial charge in [-0.25, -0.2) is 4.98 Å². The number of hydrogen-bond acceptors (Lipinski definition) is 4. The summed E-state index contributed by atoms with van der Waals surface area (Å²) in [6, 6.07) is 16.7. The smallest absolute Gasteiger partial charge is 0.277 e. The fourth-order valence-electron chi connectivity index (χ4n) is 3.84. The number of imidazole rings is 1. The van der Waals surface area contributed by atoms with Crippen LogP contribution in [-0.4, -0.2) is 25.8 Å². The first-order chi connectivity index (χ1) is 15.4. The lowest BCUT2D eigenvalue weighted by Crippen LogP contribution is -2.23.